The third-order valence-electron chi connectivity index (χ3n) is 30.8. The highest BCUT2D eigenvalue weighted by atomic mass is 15.1. The van der Waals surface area contributed by atoms with E-state index in [1.165, 1.54) is 246 Å². The van der Waals surface area contributed by atoms with Crippen molar-refractivity contribution in [2.45, 2.75) is 10.8 Å². The minimum Gasteiger partial charge on any atom is -0.345 e. The second-order valence-electron chi connectivity index (χ2n) is 37.4. The summed E-state index contributed by atoms with van der Waals surface area (Å²) in [5, 5.41) is 30.9. The maximum atomic E-state index is 2.47. The Morgan fingerprint density at radius 2 is 0.328 bits per heavy atom. The Labute approximate surface area is 794 Å². The van der Waals surface area contributed by atoms with E-state index in [0.717, 1.165) is 22.7 Å². The van der Waals surface area contributed by atoms with Gasteiger partial charge < -0.3 is 9.80 Å². The van der Waals surface area contributed by atoms with Gasteiger partial charge in [0.2, 0.25) is 0 Å². The highest BCUT2D eigenvalue weighted by Crippen LogP contribution is 2.65. The van der Waals surface area contributed by atoms with E-state index in [1.54, 1.807) is 0 Å². The van der Waals surface area contributed by atoms with Gasteiger partial charge >= 0.3 is 0 Å². The zero-order valence-corrected chi connectivity index (χ0v) is 75.3. The van der Waals surface area contributed by atoms with E-state index in [2.05, 4.69) is 520 Å². The molecule has 4 aliphatic rings. The van der Waals surface area contributed by atoms with Gasteiger partial charge in [-0.2, -0.15) is 0 Å². The predicted octanol–water partition coefficient (Wildman–Crippen LogP) is 36.2. The maximum Gasteiger partial charge on any atom is 0.0725 e. The Bertz CT molecular complexity index is 9230. The Hall–Kier alpha value is -17.6. The summed E-state index contributed by atoms with van der Waals surface area (Å²) in [5.74, 6) is 0. The Balaban J connectivity index is 0.000000114. The van der Waals surface area contributed by atoms with Crippen molar-refractivity contribution in [3.05, 3.63) is 548 Å². The molecule has 0 N–H and O–H groups in total. The summed E-state index contributed by atoms with van der Waals surface area (Å²) in [4.78, 5) is 4.77. The van der Waals surface area contributed by atoms with Crippen molar-refractivity contribution in [2.75, 3.05) is 16.8 Å². The maximum absolute atomic E-state index is 2.47. The summed E-state index contributed by atoms with van der Waals surface area (Å²) < 4.78 is 0. The standard InChI is InChI=1S/C67H41N.C43H29N.C25H16/c1-3-19-51-47(15-1)49-17-5-7-21-53(49)60-39-43(31-36-55(51)60)42-29-32-44(33-30-42)68(45-34-37-56-52-20-4-2-16-48(52)50-18-6-8-22-54(50)61(56)40-45)46-35-38-66-62(41-46)59-25-11-14-28-65(59)67(66)63-26-12-9-23-57(63)58-24-10-13-27-64(58)67;1-44(31-22-24-41-37-18-5-3-14-33(37)35-16-7-9-20-39(35)43(41)27-31)30-12-10-11-28(25-30)29-21-23-40-36-17-4-2-13-32(36)34-15-6-8-19-38(34)42(40)26-29;1-5-13-21-17(9-1)18-10-2-6-14-22(18)25(21)23-15-7-3-11-19(23)20-12-4-8-16-24(20)25/h1-41H;2-27H,1H3;1-16H. The minimum atomic E-state index is -0.398. The van der Waals surface area contributed by atoms with Crippen LogP contribution in [-0.4, -0.2) is 7.05 Å². The smallest absolute Gasteiger partial charge is 0.0725 e. The molecule has 30 rings (SSSR count). The van der Waals surface area contributed by atoms with Crippen molar-refractivity contribution in [1.82, 2.24) is 0 Å². The van der Waals surface area contributed by atoms with E-state index in [0.29, 0.717) is 0 Å². The fourth-order valence-electron chi connectivity index (χ4n) is 24.9. The molecule has 0 heterocycles. The quantitative estimate of drug-likeness (QED) is 0.147. The summed E-state index contributed by atoms with van der Waals surface area (Å²) in [5.41, 5.74) is 31.6. The lowest BCUT2D eigenvalue weighted by atomic mass is 9.70. The van der Waals surface area contributed by atoms with Crippen molar-refractivity contribution in [1.29, 1.82) is 0 Å². The van der Waals surface area contributed by atoms with Gasteiger partial charge in [0, 0.05) is 35.5 Å². The first-order valence-electron chi connectivity index (χ1n) is 47.8. The van der Waals surface area contributed by atoms with E-state index >= 15 is 0 Å². The molecule has 0 unspecified atom stereocenters. The van der Waals surface area contributed by atoms with E-state index in [-0.39, 0.29) is 5.41 Å². The molecule has 0 amide bonds. The molecule has 0 fully saturated rings. The summed E-state index contributed by atoms with van der Waals surface area (Å²) >= 11 is 0. The van der Waals surface area contributed by atoms with Gasteiger partial charge in [-0.25, -0.2) is 0 Å². The van der Waals surface area contributed by atoms with Crippen molar-refractivity contribution < 1.29 is 0 Å². The molecule has 2 spiro atoms. The molecule has 636 valence electrons. The SMILES string of the molecule is CN(c1cccc(-c2ccc3c4ccccc4c4ccccc4c3c2)c1)c1ccc2c3ccccc3c3ccccc3c2c1.c1ccc2c(c1)-c1ccccc1C21c2ccccc2-c2cc(N(c3ccc(-c4ccc5c6ccccc6c6ccccc6c5c4)cc3)c3ccc4c5ccccc5c5ccccc5c4c3)ccc21.c1ccc2c(c1)-c1ccccc1C21c2ccccc2-c2ccccc21. The topological polar surface area (TPSA) is 6.48 Å². The third kappa shape index (κ3) is 11.6. The van der Waals surface area contributed by atoms with Crippen LogP contribution in [0.2, 0.25) is 0 Å². The Morgan fingerprint density at radius 1 is 0.124 bits per heavy atom. The first-order valence-corrected chi connectivity index (χ1v) is 47.8. The summed E-state index contributed by atoms with van der Waals surface area (Å²) in [6.07, 6.45) is 0. The van der Waals surface area contributed by atoms with E-state index < -0.39 is 5.41 Å². The minimum absolute atomic E-state index is 0.180. The second-order valence-corrected chi connectivity index (χ2v) is 37.4. The fraction of sp³-hybridized carbons (Fsp3) is 0.0222. The second kappa shape index (κ2) is 30.8. The molecule has 0 saturated heterocycles. The van der Waals surface area contributed by atoms with Crippen LogP contribution in [0.25, 0.3) is 196 Å². The lowest BCUT2D eigenvalue weighted by Gasteiger charge is -2.31. The van der Waals surface area contributed by atoms with Crippen LogP contribution in [0.4, 0.5) is 28.4 Å². The van der Waals surface area contributed by atoms with Crippen molar-refractivity contribution in [3.63, 3.8) is 0 Å². The molecule has 137 heavy (non-hydrogen) atoms. The van der Waals surface area contributed by atoms with Crippen LogP contribution in [0.3, 0.4) is 0 Å². The summed E-state index contributed by atoms with van der Waals surface area (Å²) in [6, 6.07) is 187. The molecule has 4 aliphatic carbocycles. The van der Waals surface area contributed by atoms with Crippen molar-refractivity contribution >= 4 is 158 Å². The Kier molecular flexibility index (Phi) is 17.5. The molecule has 0 aliphatic heterocycles. The van der Waals surface area contributed by atoms with Crippen LogP contribution in [0.1, 0.15) is 44.5 Å². The van der Waals surface area contributed by atoms with Gasteiger partial charge in [-0.05, 0) is 313 Å². The van der Waals surface area contributed by atoms with Gasteiger partial charge in [0.15, 0.2) is 0 Å². The normalized spacial score (nSPS) is 13.0. The monoisotopic (exact) mass is 1730 g/mol. The molecular weight excluding hydrogens is 1650 g/mol. The van der Waals surface area contributed by atoms with Crippen molar-refractivity contribution in [3.8, 4) is 66.8 Å². The van der Waals surface area contributed by atoms with Gasteiger partial charge in [0.1, 0.15) is 0 Å². The number of fused-ring (bicyclic) bond motifs is 44. The number of hydrogen-bond donors (Lipinski definition) is 0. The van der Waals surface area contributed by atoms with Gasteiger partial charge in [0.25, 0.3) is 0 Å². The molecule has 2 nitrogen and oxygen atoms in total. The van der Waals surface area contributed by atoms with Crippen LogP contribution in [0, 0.1) is 0 Å². The molecule has 0 atom stereocenters. The fourth-order valence-corrected chi connectivity index (χ4v) is 24.9. The summed E-state index contributed by atoms with van der Waals surface area (Å²) in [7, 11) is 2.17. The van der Waals surface area contributed by atoms with Crippen LogP contribution < -0.4 is 9.80 Å². The molecule has 26 aromatic carbocycles. The lowest BCUT2D eigenvalue weighted by Crippen LogP contribution is -2.25. The number of hydrogen-bond acceptors (Lipinski definition) is 2. The van der Waals surface area contributed by atoms with E-state index in [1.807, 2.05) is 0 Å². The zero-order valence-electron chi connectivity index (χ0n) is 75.3. The first-order chi connectivity index (χ1) is 67.9. The average Bonchev–Trinajstić information content (AvgIpc) is 1.51. The van der Waals surface area contributed by atoms with Gasteiger partial charge in [-0.3, -0.25) is 0 Å². The third-order valence-corrected chi connectivity index (χ3v) is 30.8. The number of nitrogens with zero attached hydrogens (tertiary/aromatic N) is 2. The molecule has 0 aromatic heterocycles. The first kappa shape index (κ1) is 78.1. The largest absolute Gasteiger partial charge is 0.345 e. The van der Waals surface area contributed by atoms with Gasteiger partial charge in [-0.15, -0.1) is 0 Å². The van der Waals surface area contributed by atoms with Crippen LogP contribution in [0.5, 0.6) is 0 Å². The van der Waals surface area contributed by atoms with Crippen LogP contribution >= 0.6 is 0 Å². The van der Waals surface area contributed by atoms with Crippen LogP contribution in [0.15, 0.2) is 504 Å². The van der Waals surface area contributed by atoms with E-state index in [4.69, 9.17) is 0 Å². The number of rotatable bonds is 7. The van der Waals surface area contributed by atoms with E-state index in [9.17, 15) is 0 Å². The zero-order chi connectivity index (χ0) is 90.1. The Morgan fingerprint density at radius 3 is 0.657 bits per heavy atom. The molecule has 0 saturated carbocycles. The van der Waals surface area contributed by atoms with Crippen LogP contribution in [-0.2, 0) is 10.8 Å². The van der Waals surface area contributed by atoms with Crippen molar-refractivity contribution in [2.24, 2.45) is 0 Å². The highest BCUT2D eigenvalue weighted by Gasteiger charge is 2.53. The van der Waals surface area contributed by atoms with Gasteiger partial charge in [0.05, 0.1) is 10.8 Å². The predicted molar refractivity (Wildman–Crippen MR) is 582 cm³/mol. The molecule has 0 bridgehead atoms. The molecule has 2 heteroatoms. The molecular formula is C135H86N2. The van der Waals surface area contributed by atoms with Gasteiger partial charge in [-0.1, -0.05) is 431 Å². The number of benzene rings is 26. The molecule has 26 aromatic rings. The average molecular weight is 1740 g/mol. The highest BCUT2D eigenvalue weighted by molar-refractivity contribution is 6.30. The summed E-state index contributed by atoms with van der Waals surface area (Å²) in [6.45, 7) is 0. The lowest BCUT2D eigenvalue weighted by molar-refractivity contribution is 0.794. The molecule has 0 radical (unpaired) electrons. The number of anilines is 5.